The summed E-state index contributed by atoms with van der Waals surface area (Å²) in [5.41, 5.74) is 1.32. The fourth-order valence-corrected chi connectivity index (χ4v) is 0.534. The summed E-state index contributed by atoms with van der Waals surface area (Å²) < 4.78 is 0. The van der Waals surface area contributed by atoms with Gasteiger partial charge in [0, 0.05) is 0 Å². The highest BCUT2D eigenvalue weighted by Gasteiger charge is 1.99. The molecule has 0 saturated heterocycles. The molecule has 19 heavy (non-hydrogen) atoms. The van der Waals surface area contributed by atoms with Gasteiger partial charge in [0.1, 0.15) is 0 Å². The molecule has 0 aromatic heterocycles. The number of hydrogen-bond acceptors (Lipinski definition) is 2. The number of benzene rings is 1. The molecule has 0 aliphatic heterocycles. The van der Waals surface area contributed by atoms with Crippen molar-refractivity contribution >= 4 is 11.9 Å². The van der Waals surface area contributed by atoms with E-state index in [4.69, 9.17) is 10.2 Å². The molecule has 108 valence electrons. The Kier molecular flexibility index (Phi) is 11.6. The van der Waals surface area contributed by atoms with Crippen molar-refractivity contribution in [2.75, 3.05) is 0 Å². The second-order valence-corrected chi connectivity index (χ2v) is 4.64. The van der Waals surface area contributed by atoms with Crippen LogP contribution in [0, 0.1) is 18.8 Å². The number of carbonyl (C=O) groups is 2. The van der Waals surface area contributed by atoms with Crippen LogP contribution in [0.2, 0.25) is 0 Å². The molecular formula is C15H24O4. The lowest BCUT2D eigenvalue weighted by molar-refractivity contribution is -0.141. The number of aryl methyl sites for hydroxylation is 1. The maximum absolute atomic E-state index is 9.70. The van der Waals surface area contributed by atoms with Crippen LogP contribution in [0.1, 0.15) is 33.3 Å². The van der Waals surface area contributed by atoms with Crippen LogP contribution in [0.4, 0.5) is 0 Å². The molecular weight excluding hydrogens is 244 g/mol. The molecule has 1 aromatic rings. The summed E-state index contributed by atoms with van der Waals surface area (Å²) in [6.07, 6.45) is 0. The third kappa shape index (κ3) is 16.2. The van der Waals surface area contributed by atoms with Crippen molar-refractivity contribution in [3.63, 3.8) is 0 Å². The second kappa shape index (κ2) is 11.3. The smallest absolute Gasteiger partial charge is 0.305 e. The lowest BCUT2D eigenvalue weighted by Gasteiger charge is -1.89. The van der Waals surface area contributed by atoms with Crippen LogP contribution < -0.4 is 0 Å². The Morgan fingerprint density at radius 2 is 1.11 bits per heavy atom. The molecule has 4 nitrogen and oxygen atoms in total. The molecule has 0 amide bonds. The largest absolute Gasteiger partial charge is 0.481 e. The zero-order valence-corrected chi connectivity index (χ0v) is 12.3. The van der Waals surface area contributed by atoms with E-state index >= 15 is 0 Å². The van der Waals surface area contributed by atoms with Crippen molar-refractivity contribution in [2.45, 2.75) is 34.6 Å². The summed E-state index contributed by atoms with van der Waals surface area (Å²) in [5, 5.41) is 16.0. The van der Waals surface area contributed by atoms with Crippen molar-refractivity contribution in [3.8, 4) is 0 Å². The molecule has 0 aliphatic carbocycles. The molecule has 1 aromatic carbocycles. The molecule has 0 radical (unpaired) electrons. The summed E-state index contributed by atoms with van der Waals surface area (Å²) in [5.74, 6) is -1.94. The molecule has 0 bridgehead atoms. The minimum Gasteiger partial charge on any atom is -0.481 e. The third-order valence-corrected chi connectivity index (χ3v) is 1.93. The molecule has 0 unspecified atom stereocenters. The Morgan fingerprint density at radius 3 is 1.21 bits per heavy atom. The van der Waals surface area contributed by atoms with Crippen LogP contribution in [0.5, 0.6) is 0 Å². The van der Waals surface area contributed by atoms with E-state index in [1.54, 1.807) is 27.7 Å². The Balaban J connectivity index is 0. The highest BCUT2D eigenvalue weighted by atomic mass is 16.4. The molecule has 4 heteroatoms. The van der Waals surface area contributed by atoms with Crippen LogP contribution in [0.25, 0.3) is 0 Å². The predicted octanol–water partition coefficient (Wildman–Crippen LogP) is 3.45. The lowest BCUT2D eigenvalue weighted by atomic mass is 10.2. The van der Waals surface area contributed by atoms with Crippen molar-refractivity contribution < 1.29 is 19.8 Å². The molecule has 0 saturated carbocycles. The summed E-state index contributed by atoms with van der Waals surface area (Å²) in [6, 6.07) is 10.3. The first-order chi connectivity index (χ1) is 8.68. The van der Waals surface area contributed by atoms with E-state index in [1.165, 1.54) is 5.56 Å². The number of carboxylic acids is 2. The number of rotatable bonds is 2. The van der Waals surface area contributed by atoms with E-state index in [1.807, 2.05) is 18.2 Å². The maximum Gasteiger partial charge on any atom is 0.305 e. The first-order valence-corrected chi connectivity index (χ1v) is 6.15. The minimum atomic E-state index is -0.741. The van der Waals surface area contributed by atoms with Crippen molar-refractivity contribution in [1.82, 2.24) is 0 Å². The molecule has 0 heterocycles. The van der Waals surface area contributed by atoms with Gasteiger partial charge in [-0.3, -0.25) is 9.59 Å². The predicted molar refractivity (Wildman–Crippen MR) is 76.1 cm³/mol. The number of aliphatic carboxylic acids is 2. The monoisotopic (exact) mass is 268 g/mol. The van der Waals surface area contributed by atoms with E-state index in [9.17, 15) is 9.59 Å². The van der Waals surface area contributed by atoms with Crippen LogP contribution in [0.15, 0.2) is 30.3 Å². The van der Waals surface area contributed by atoms with Crippen molar-refractivity contribution in [2.24, 2.45) is 11.8 Å². The zero-order chi connectivity index (χ0) is 15.4. The summed E-state index contributed by atoms with van der Waals surface area (Å²) in [7, 11) is 0. The molecule has 1 rings (SSSR count). The standard InChI is InChI=1S/C7H8.2C4H8O2/c1-7-5-3-2-4-6-7;2*1-3(2)4(5)6/h2-6H,1H3;2*3H,1-2H3,(H,5,6). The maximum atomic E-state index is 9.70. The van der Waals surface area contributed by atoms with Crippen LogP contribution in [-0.4, -0.2) is 22.2 Å². The van der Waals surface area contributed by atoms with E-state index < -0.39 is 11.9 Å². The molecule has 0 spiro atoms. The number of carboxylic acid groups (broad SMARTS) is 2. The Hall–Kier alpha value is -1.84. The SMILES string of the molecule is CC(C)C(=O)O.CC(C)C(=O)O.Cc1ccccc1. The highest BCUT2D eigenvalue weighted by Crippen LogP contribution is 1.92. The summed E-state index contributed by atoms with van der Waals surface area (Å²) in [4.78, 5) is 19.4. The number of hydrogen-bond donors (Lipinski definition) is 2. The summed E-state index contributed by atoms with van der Waals surface area (Å²) in [6.45, 7) is 8.65. The summed E-state index contributed by atoms with van der Waals surface area (Å²) >= 11 is 0. The molecule has 2 N–H and O–H groups in total. The van der Waals surface area contributed by atoms with Gasteiger partial charge in [0.25, 0.3) is 0 Å². The molecule has 0 aliphatic rings. The van der Waals surface area contributed by atoms with Gasteiger partial charge in [-0.1, -0.05) is 63.6 Å². The van der Waals surface area contributed by atoms with Crippen LogP contribution >= 0.6 is 0 Å². The third-order valence-electron chi connectivity index (χ3n) is 1.93. The van der Waals surface area contributed by atoms with Gasteiger partial charge in [-0.15, -0.1) is 0 Å². The fraction of sp³-hybridized carbons (Fsp3) is 0.467. The second-order valence-electron chi connectivity index (χ2n) is 4.64. The van der Waals surface area contributed by atoms with E-state index in [0.29, 0.717) is 0 Å². The van der Waals surface area contributed by atoms with Gasteiger partial charge in [-0.25, -0.2) is 0 Å². The molecule has 0 atom stereocenters. The lowest BCUT2D eigenvalue weighted by Crippen LogP contribution is -2.03. The van der Waals surface area contributed by atoms with Crippen molar-refractivity contribution in [3.05, 3.63) is 35.9 Å². The van der Waals surface area contributed by atoms with Gasteiger partial charge in [0.15, 0.2) is 0 Å². The van der Waals surface area contributed by atoms with Gasteiger partial charge in [0.2, 0.25) is 0 Å². The van der Waals surface area contributed by atoms with Gasteiger partial charge >= 0.3 is 11.9 Å². The van der Waals surface area contributed by atoms with Gasteiger partial charge in [-0.05, 0) is 6.92 Å². The fourth-order valence-electron chi connectivity index (χ4n) is 0.534. The average molecular weight is 268 g/mol. The topological polar surface area (TPSA) is 74.6 Å². The zero-order valence-electron chi connectivity index (χ0n) is 12.3. The van der Waals surface area contributed by atoms with Gasteiger partial charge in [-0.2, -0.15) is 0 Å². The van der Waals surface area contributed by atoms with Gasteiger partial charge < -0.3 is 10.2 Å². The highest BCUT2D eigenvalue weighted by molar-refractivity contribution is 5.69. The van der Waals surface area contributed by atoms with Crippen molar-refractivity contribution in [1.29, 1.82) is 0 Å². The van der Waals surface area contributed by atoms with Crippen LogP contribution in [-0.2, 0) is 9.59 Å². The van der Waals surface area contributed by atoms with Crippen LogP contribution in [0.3, 0.4) is 0 Å². The van der Waals surface area contributed by atoms with E-state index in [0.717, 1.165) is 0 Å². The first kappa shape index (κ1) is 19.5. The average Bonchev–Trinajstić information content (AvgIpc) is 2.31. The Bertz CT molecular complexity index is 338. The Labute approximate surface area is 115 Å². The van der Waals surface area contributed by atoms with E-state index in [-0.39, 0.29) is 11.8 Å². The Morgan fingerprint density at radius 1 is 0.842 bits per heavy atom. The normalized spacial score (nSPS) is 9.00. The first-order valence-electron chi connectivity index (χ1n) is 6.15. The molecule has 0 fully saturated rings. The quantitative estimate of drug-likeness (QED) is 0.861. The van der Waals surface area contributed by atoms with E-state index in [2.05, 4.69) is 19.1 Å². The minimum absolute atomic E-state index is 0.231. The van der Waals surface area contributed by atoms with Gasteiger partial charge in [0.05, 0.1) is 11.8 Å².